The second-order valence-electron chi connectivity index (χ2n) is 3.66. The first-order valence-electron chi connectivity index (χ1n) is 5.00. The molecule has 0 saturated heterocycles. The fourth-order valence-electron chi connectivity index (χ4n) is 1.18. The first-order chi connectivity index (χ1) is 7.65. The average Bonchev–Trinajstić information content (AvgIpc) is 2.98. The Hall–Kier alpha value is -1.50. The van der Waals surface area contributed by atoms with Gasteiger partial charge in [-0.2, -0.15) is 0 Å². The summed E-state index contributed by atoms with van der Waals surface area (Å²) in [6.07, 6.45) is 2.08. The van der Waals surface area contributed by atoms with E-state index in [0.717, 1.165) is 17.8 Å². The zero-order valence-electron chi connectivity index (χ0n) is 8.47. The first-order valence-corrected chi connectivity index (χ1v) is 5.82. The third-order valence-electron chi connectivity index (χ3n) is 2.18. The van der Waals surface area contributed by atoms with Crippen LogP contribution in [0.4, 0.5) is 5.13 Å². The molecule has 86 valence electrons. The van der Waals surface area contributed by atoms with Crippen molar-refractivity contribution < 1.29 is 14.7 Å². The van der Waals surface area contributed by atoms with Crippen molar-refractivity contribution >= 4 is 28.3 Å². The van der Waals surface area contributed by atoms with Gasteiger partial charge in [-0.05, 0) is 12.8 Å². The van der Waals surface area contributed by atoms with Crippen LogP contribution >= 0.6 is 11.3 Å². The van der Waals surface area contributed by atoms with Gasteiger partial charge >= 0.3 is 5.97 Å². The lowest BCUT2D eigenvalue weighted by atomic mass is 10.3. The van der Waals surface area contributed by atoms with E-state index >= 15 is 0 Å². The monoisotopic (exact) mass is 241 g/mol. The largest absolute Gasteiger partial charge is 0.481 e. The topological polar surface area (TPSA) is 92.2 Å². The second-order valence-corrected chi connectivity index (χ2v) is 4.67. The number of nitrogens with one attached hydrogen (secondary N) is 1. The van der Waals surface area contributed by atoms with Crippen molar-refractivity contribution in [2.24, 2.45) is 0 Å². The minimum absolute atomic E-state index is 0.0341. The van der Waals surface area contributed by atoms with Crippen LogP contribution in [-0.2, 0) is 9.59 Å². The number of rotatable bonds is 5. The van der Waals surface area contributed by atoms with Crippen molar-refractivity contribution in [1.82, 2.24) is 10.2 Å². The highest BCUT2D eigenvalue weighted by molar-refractivity contribution is 7.15. The Morgan fingerprint density at radius 2 is 2.12 bits per heavy atom. The molecule has 1 heterocycles. The van der Waals surface area contributed by atoms with Crippen LogP contribution in [0, 0.1) is 0 Å². The zero-order chi connectivity index (χ0) is 11.5. The lowest BCUT2D eigenvalue weighted by Gasteiger charge is -1.97. The van der Waals surface area contributed by atoms with E-state index in [1.165, 1.54) is 11.3 Å². The number of aliphatic carboxylic acids is 1. The highest BCUT2D eigenvalue weighted by atomic mass is 32.1. The van der Waals surface area contributed by atoms with E-state index in [2.05, 4.69) is 15.5 Å². The van der Waals surface area contributed by atoms with Crippen LogP contribution in [0.25, 0.3) is 0 Å². The summed E-state index contributed by atoms with van der Waals surface area (Å²) in [6.45, 7) is 0. The third-order valence-corrected chi connectivity index (χ3v) is 3.18. The number of carbonyl (C=O) groups is 2. The standard InChI is InChI=1S/C9H11N3O3S/c13-6(3-4-7(14)15)10-9-12-11-8(16-9)5-1-2-5/h5H,1-4H2,(H,14,15)(H,10,12,13). The molecule has 1 fully saturated rings. The Balaban J connectivity index is 1.83. The average molecular weight is 241 g/mol. The normalized spacial score (nSPS) is 14.8. The van der Waals surface area contributed by atoms with Crippen LogP contribution in [0.1, 0.15) is 36.6 Å². The van der Waals surface area contributed by atoms with Crippen LogP contribution in [0.15, 0.2) is 0 Å². The molecular formula is C9H11N3O3S. The van der Waals surface area contributed by atoms with Crippen molar-refractivity contribution in [3.63, 3.8) is 0 Å². The Labute approximate surface area is 95.7 Å². The Kier molecular flexibility index (Phi) is 3.14. The van der Waals surface area contributed by atoms with Gasteiger partial charge in [0, 0.05) is 12.3 Å². The molecule has 0 aromatic carbocycles. The van der Waals surface area contributed by atoms with E-state index in [9.17, 15) is 9.59 Å². The molecule has 2 N–H and O–H groups in total. The predicted octanol–water partition coefficient (Wildman–Crippen LogP) is 1.22. The van der Waals surface area contributed by atoms with Crippen LogP contribution in [0.2, 0.25) is 0 Å². The number of carboxylic acids is 1. The summed E-state index contributed by atoms with van der Waals surface area (Å²) >= 11 is 1.36. The van der Waals surface area contributed by atoms with Gasteiger partial charge in [-0.25, -0.2) is 0 Å². The summed E-state index contributed by atoms with van der Waals surface area (Å²) < 4.78 is 0. The van der Waals surface area contributed by atoms with Gasteiger partial charge in [0.15, 0.2) is 0 Å². The molecule has 7 heteroatoms. The van der Waals surface area contributed by atoms with Crippen molar-refractivity contribution in [3.05, 3.63) is 5.01 Å². The number of hydrogen-bond donors (Lipinski definition) is 2. The van der Waals surface area contributed by atoms with E-state index < -0.39 is 5.97 Å². The Bertz CT molecular complexity index is 414. The number of amides is 1. The molecule has 6 nitrogen and oxygen atoms in total. The smallest absolute Gasteiger partial charge is 0.303 e. The minimum atomic E-state index is -0.980. The van der Waals surface area contributed by atoms with E-state index in [4.69, 9.17) is 5.11 Å². The van der Waals surface area contributed by atoms with Gasteiger partial charge in [0.25, 0.3) is 0 Å². The maximum Gasteiger partial charge on any atom is 0.303 e. The lowest BCUT2D eigenvalue weighted by Crippen LogP contribution is -2.12. The quantitative estimate of drug-likeness (QED) is 0.808. The number of aromatic nitrogens is 2. The summed E-state index contributed by atoms with van der Waals surface area (Å²) in [5.74, 6) is -0.797. The summed E-state index contributed by atoms with van der Waals surface area (Å²) in [5, 5.41) is 20.2. The molecule has 0 spiro atoms. The van der Waals surface area contributed by atoms with Gasteiger partial charge in [0.05, 0.1) is 6.42 Å². The number of anilines is 1. The molecule has 1 aromatic heterocycles. The van der Waals surface area contributed by atoms with Crippen molar-refractivity contribution in [2.45, 2.75) is 31.6 Å². The van der Waals surface area contributed by atoms with Crippen molar-refractivity contribution in [1.29, 1.82) is 0 Å². The number of carboxylic acid groups (broad SMARTS) is 1. The summed E-state index contributed by atoms with van der Waals surface area (Å²) in [5.41, 5.74) is 0. The van der Waals surface area contributed by atoms with E-state index in [0.29, 0.717) is 11.0 Å². The maximum absolute atomic E-state index is 11.3. The zero-order valence-corrected chi connectivity index (χ0v) is 9.29. The molecule has 16 heavy (non-hydrogen) atoms. The molecule has 1 saturated carbocycles. The fraction of sp³-hybridized carbons (Fsp3) is 0.556. The number of carbonyl (C=O) groups excluding carboxylic acids is 1. The summed E-state index contributed by atoms with van der Waals surface area (Å²) in [4.78, 5) is 21.5. The van der Waals surface area contributed by atoms with E-state index in [-0.39, 0.29) is 18.7 Å². The summed E-state index contributed by atoms with van der Waals surface area (Å²) in [6, 6.07) is 0. The molecular weight excluding hydrogens is 230 g/mol. The molecule has 2 rings (SSSR count). The minimum Gasteiger partial charge on any atom is -0.481 e. The van der Waals surface area contributed by atoms with Crippen LogP contribution < -0.4 is 5.32 Å². The molecule has 0 aliphatic heterocycles. The highest BCUT2D eigenvalue weighted by Crippen LogP contribution is 2.41. The van der Waals surface area contributed by atoms with Gasteiger partial charge in [0.2, 0.25) is 11.0 Å². The molecule has 0 unspecified atom stereocenters. The van der Waals surface area contributed by atoms with Gasteiger partial charge < -0.3 is 10.4 Å². The molecule has 0 atom stereocenters. The molecule has 1 amide bonds. The van der Waals surface area contributed by atoms with Crippen molar-refractivity contribution in [2.75, 3.05) is 5.32 Å². The lowest BCUT2D eigenvalue weighted by molar-refractivity contribution is -0.138. The molecule has 0 radical (unpaired) electrons. The van der Waals surface area contributed by atoms with Gasteiger partial charge in [-0.1, -0.05) is 11.3 Å². The molecule has 1 aliphatic rings. The fourth-order valence-corrected chi connectivity index (χ4v) is 2.11. The van der Waals surface area contributed by atoms with Crippen molar-refractivity contribution in [3.8, 4) is 0 Å². The molecule has 1 aromatic rings. The van der Waals surface area contributed by atoms with Crippen LogP contribution in [0.5, 0.6) is 0 Å². The first kappa shape index (κ1) is 11.0. The van der Waals surface area contributed by atoms with Gasteiger partial charge in [-0.15, -0.1) is 10.2 Å². The van der Waals surface area contributed by atoms with Gasteiger partial charge in [-0.3, -0.25) is 9.59 Å². The number of hydrogen-bond acceptors (Lipinski definition) is 5. The van der Waals surface area contributed by atoms with Crippen LogP contribution in [-0.4, -0.2) is 27.2 Å². The Morgan fingerprint density at radius 3 is 2.75 bits per heavy atom. The SMILES string of the molecule is O=C(O)CCC(=O)Nc1nnc(C2CC2)s1. The second kappa shape index (κ2) is 4.56. The van der Waals surface area contributed by atoms with E-state index in [1.54, 1.807) is 0 Å². The van der Waals surface area contributed by atoms with Crippen LogP contribution in [0.3, 0.4) is 0 Å². The Morgan fingerprint density at radius 1 is 1.38 bits per heavy atom. The number of nitrogens with zero attached hydrogens (tertiary/aromatic N) is 2. The molecule has 1 aliphatic carbocycles. The van der Waals surface area contributed by atoms with Gasteiger partial charge in [0.1, 0.15) is 5.01 Å². The summed E-state index contributed by atoms with van der Waals surface area (Å²) in [7, 11) is 0. The predicted molar refractivity (Wildman–Crippen MR) is 57.4 cm³/mol. The third kappa shape index (κ3) is 2.99. The molecule has 0 bridgehead atoms. The maximum atomic E-state index is 11.3. The highest BCUT2D eigenvalue weighted by Gasteiger charge is 2.27. The van der Waals surface area contributed by atoms with E-state index in [1.807, 2.05) is 0 Å².